The summed E-state index contributed by atoms with van der Waals surface area (Å²) >= 11 is 0. The van der Waals surface area contributed by atoms with Crippen LogP contribution in [0.25, 0.3) is 10.9 Å². The predicted octanol–water partition coefficient (Wildman–Crippen LogP) is 1.94. The third-order valence-electron chi connectivity index (χ3n) is 6.04. The quantitative estimate of drug-likeness (QED) is 0.603. The van der Waals surface area contributed by atoms with Crippen LogP contribution in [-0.2, 0) is 14.8 Å². The largest absolute Gasteiger partial charge is 0.351 e. The van der Waals surface area contributed by atoms with E-state index in [4.69, 9.17) is 0 Å². The molecular formula is C23H32N4O5S. The first kappa shape index (κ1) is 24.9. The number of rotatable bonds is 8. The van der Waals surface area contributed by atoms with E-state index in [-0.39, 0.29) is 29.3 Å². The Morgan fingerprint density at radius 1 is 1.21 bits per heavy atom. The molecule has 0 aliphatic carbocycles. The first-order valence-corrected chi connectivity index (χ1v) is 12.8. The smallest absolute Gasteiger partial charge is 0.252 e. The minimum Gasteiger partial charge on any atom is -0.351 e. The lowest BCUT2D eigenvalue weighted by molar-refractivity contribution is -0.132. The van der Waals surface area contributed by atoms with Gasteiger partial charge in [0.1, 0.15) is 0 Å². The van der Waals surface area contributed by atoms with E-state index in [1.54, 1.807) is 13.8 Å². The van der Waals surface area contributed by atoms with Gasteiger partial charge in [-0.25, -0.2) is 8.42 Å². The van der Waals surface area contributed by atoms with Gasteiger partial charge in [0.15, 0.2) is 0 Å². The molecule has 1 atom stereocenters. The molecule has 1 aromatic carbocycles. The van der Waals surface area contributed by atoms with E-state index in [1.807, 2.05) is 4.90 Å². The number of aromatic amines is 1. The monoisotopic (exact) mass is 476 g/mol. The Morgan fingerprint density at radius 3 is 2.61 bits per heavy atom. The van der Waals surface area contributed by atoms with Crippen LogP contribution in [0, 0.1) is 5.92 Å². The number of benzene rings is 1. The average molecular weight is 477 g/mol. The number of piperidine rings is 1. The van der Waals surface area contributed by atoms with Gasteiger partial charge in [0.2, 0.25) is 21.5 Å². The number of hydrogen-bond donors (Lipinski definition) is 2. The lowest BCUT2D eigenvalue weighted by Gasteiger charge is -2.31. The number of H-pyrrole nitrogens is 1. The van der Waals surface area contributed by atoms with Crippen molar-refractivity contribution in [1.82, 2.24) is 19.5 Å². The van der Waals surface area contributed by atoms with E-state index in [1.165, 1.54) is 22.5 Å². The highest BCUT2D eigenvalue weighted by atomic mass is 32.2. The topological polar surface area (TPSA) is 120 Å². The van der Waals surface area contributed by atoms with Crippen molar-refractivity contribution >= 4 is 32.7 Å². The fraction of sp³-hybridized carbons (Fsp3) is 0.522. The Hall–Kier alpha value is -2.72. The molecule has 1 aromatic heterocycles. The number of aromatic nitrogens is 1. The average Bonchev–Trinajstić information content (AvgIpc) is 2.78. The van der Waals surface area contributed by atoms with Crippen molar-refractivity contribution < 1.29 is 18.0 Å². The maximum absolute atomic E-state index is 12.9. The van der Waals surface area contributed by atoms with Crippen LogP contribution in [0.5, 0.6) is 0 Å². The molecule has 1 fully saturated rings. The van der Waals surface area contributed by atoms with E-state index in [0.29, 0.717) is 29.9 Å². The van der Waals surface area contributed by atoms with Crippen LogP contribution in [0.1, 0.15) is 50.4 Å². The third kappa shape index (κ3) is 5.62. The Morgan fingerprint density at radius 2 is 1.94 bits per heavy atom. The molecule has 0 spiro atoms. The zero-order valence-electron chi connectivity index (χ0n) is 19.4. The van der Waals surface area contributed by atoms with Gasteiger partial charge in [-0.05, 0) is 37.0 Å². The summed E-state index contributed by atoms with van der Waals surface area (Å²) in [6.07, 6.45) is 2.26. The number of amides is 2. The molecule has 1 aliphatic heterocycles. The number of fused-ring (bicyclic) bond motifs is 1. The van der Waals surface area contributed by atoms with E-state index >= 15 is 0 Å². The van der Waals surface area contributed by atoms with Gasteiger partial charge in [0, 0.05) is 56.1 Å². The highest BCUT2D eigenvalue weighted by molar-refractivity contribution is 7.89. The Kier molecular flexibility index (Phi) is 7.91. The SMILES string of the molecule is CCN(CC)S(=O)(=O)c1ccc2[nH]c(=O)cc(C(=O)NCCC(=O)N3CCCC(C)C3)c2c1. The highest BCUT2D eigenvalue weighted by Crippen LogP contribution is 2.23. The molecule has 9 nitrogen and oxygen atoms in total. The minimum absolute atomic E-state index is 0.00906. The van der Waals surface area contributed by atoms with Gasteiger partial charge in [0.25, 0.3) is 5.91 Å². The fourth-order valence-corrected chi connectivity index (χ4v) is 5.73. The second kappa shape index (κ2) is 10.5. The van der Waals surface area contributed by atoms with Crippen molar-refractivity contribution in [2.45, 2.75) is 44.9 Å². The van der Waals surface area contributed by atoms with Gasteiger partial charge < -0.3 is 15.2 Å². The van der Waals surface area contributed by atoms with Crippen LogP contribution < -0.4 is 10.9 Å². The number of carbonyl (C=O) groups is 2. The van der Waals surface area contributed by atoms with E-state index in [2.05, 4.69) is 17.2 Å². The number of nitrogens with one attached hydrogen (secondary N) is 2. The molecule has 1 saturated heterocycles. The molecular weight excluding hydrogens is 444 g/mol. The molecule has 33 heavy (non-hydrogen) atoms. The van der Waals surface area contributed by atoms with Crippen molar-refractivity contribution in [2.75, 3.05) is 32.7 Å². The number of likely N-dealkylation sites (tertiary alicyclic amines) is 1. The summed E-state index contributed by atoms with van der Waals surface area (Å²) in [5, 5.41) is 3.03. The summed E-state index contributed by atoms with van der Waals surface area (Å²) in [6.45, 7) is 7.87. The summed E-state index contributed by atoms with van der Waals surface area (Å²) in [6, 6.07) is 5.48. The number of carbonyl (C=O) groups excluding carboxylic acids is 2. The normalized spacial score (nSPS) is 16.8. The zero-order chi connectivity index (χ0) is 24.2. The van der Waals surface area contributed by atoms with Crippen molar-refractivity contribution in [3.8, 4) is 0 Å². The van der Waals surface area contributed by atoms with Gasteiger partial charge >= 0.3 is 0 Å². The van der Waals surface area contributed by atoms with Crippen LogP contribution in [-0.4, -0.2) is 67.1 Å². The molecule has 10 heteroatoms. The minimum atomic E-state index is -3.73. The van der Waals surface area contributed by atoms with Gasteiger partial charge in [0.05, 0.1) is 10.5 Å². The Labute approximate surface area is 194 Å². The second-order valence-corrected chi connectivity index (χ2v) is 10.4. The third-order valence-corrected chi connectivity index (χ3v) is 8.08. The zero-order valence-corrected chi connectivity index (χ0v) is 20.2. The summed E-state index contributed by atoms with van der Waals surface area (Å²) in [4.78, 5) is 41.9. The Balaban J connectivity index is 1.80. The molecule has 0 saturated carbocycles. The Bertz CT molecular complexity index is 1190. The van der Waals surface area contributed by atoms with E-state index in [0.717, 1.165) is 32.0 Å². The second-order valence-electron chi connectivity index (χ2n) is 8.44. The number of nitrogens with zero attached hydrogens (tertiary/aromatic N) is 2. The standard InChI is InChI=1S/C23H32N4O5S/c1-4-27(5-2)33(31,32)17-8-9-20-18(13-17)19(14-21(28)25-20)23(30)24-11-10-22(29)26-12-6-7-16(3)15-26/h8-9,13-14,16H,4-7,10-12,15H2,1-3H3,(H,24,30)(H,25,28). The van der Waals surface area contributed by atoms with Crippen molar-refractivity contribution in [3.05, 3.63) is 40.2 Å². The maximum Gasteiger partial charge on any atom is 0.252 e. The molecule has 2 aromatic rings. The van der Waals surface area contributed by atoms with Crippen molar-refractivity contribution in [3.63, 3.8) is 0 Å². The van der Waals surface area contributed by atoms with Gasteiger partial charge in [-0.15, -0.1) is 0 Å². The summed E-state index contributed by atoms with van der Waals surface area (Å²) in [5.74, 6) is -0.0602. The number of sulfonamides is 1. The maximum atomic E-state index is 12.9. The van der Waals surface area contributed by atoms with Crippen molar-refractivity contribution in [1.29, 1.82) is 0 Å². The van der Waals surface area contributed by atoms with Gasteiger partial charge in [-0.1, -0.05) is 20.8 Å². The van der Waals surface area contributed by atoms with Crippen LogP contribution >= 0.6 is 0 Å². The van der Waals surface area contributed by atoms with Gasteiger partial charge in [-0.3, -0.25) is 14.4 Å². The summed E-state index contributed by atoms with van der Waals surface area (Å²) < 4.78 is 27.2. The molecule has 0 bridgehead atoms. The van der Waals surface area contributed by atoms with E-state index in [9.17, 15) is 22.8 Å². The molecule has 1 aliphatic rings. The van der Waals surface area contributed by atoms with Crippen LogP contribution in [0.2, 0.25) is 0 Å². The van der Waals surface area contributed by atoms with Crippen molar-refractivity contribution in [2.24, 2.45) is 5.92 Å². The molecule has 2 N–H and O–H groups in total. The summed E-state index contributed by atoms with van der Waals surface area (Å²) in [7, 11) is -3.73. The first-order chi connectivity index (χ1) is 15.7. The van der Waals surface area contributed by atoms with Gasteiger partial charge in [-0.2, -0.15) is 4.31 Å². The predicted molar refractivity (Wildman–Crippen MR) is 127 cm³/mol. The lowest BCUT2D eigenvalue weighted by Crippen LogP contribution is -2.40. The molecule has 180 valence electrons. The first-order valence-electron chi connectivity index (χ1n) is 11.4. The molecule has 0 radical (unpaired) electrons. The van der Waals surface area contributed by atoms with Crippen LogP contribution in [0.15, 0.2) is 34.0 Å². The van der Waals surface area contributed by atoms with Crippen LogP contribution in [0.3, 0.4) is 0 Å². The molecule has 2 heterocycles. The van der Waals surface area contributed by atoms with E-state index < -0.39 is 21.5 Å². The lowest BCUT2D eigenvalue weighted by atomic mass is 10.00. The highest BCUT2D eigenvalue weighted by Gasteiger charge is 2.24. The molecule has 1 unspecified atom stereocenters. The summed E-state index contributed by atoms with van der Waals surface area (Å²) in [5.41, 5.74) is -0.0284. The number of pyridine rings is 1. The number of hydrogen-bond acceptors (Lipinski definition) is 5. The molecule has 3 rings (SSSR count). The van der Waals surface area contributed by atoms with Crippen LogP contribution in [0.4, 0.5) is 0 Å². The fourth-order valence-electron chi connectivity index (χ4n) is 4.25. The molecule has 2 amide bonds.